The van der Waals surface area contributed by atoms with E-state index in [1.165, 1.54) is 12.1 Å². The fraction of sp³-hybridized carbons (Fsp3) is 0. The SMILES string of the molecule is [N-]=[N+]=Nc1cc(NC(=O)Nc2ccccc2)cc(Cl)n1. The minimum atomic E-state index is -0.439. The molecule has 0 spiro atoms. The van der Waals surface area contributed by atoms with Gasteiger partial charge in [-0.1, -0.05) is 29.8 Å². The zero-order chi connectivity index (χ0) is 14.4. The Hall–Kier alpha value is -2.76. The maximum absolute atomic E-state index is 11.8. The number of amides is 2. The first-order chi connectivity index (χ1) is 9.67. The summed E-state index contributed by atoms with van der Waals surface area (Å²) in [5, 5.41) is 8.66. The fourth-order valence-corrected chi connectivity index (χ4v) is 1.67. The topological polar surface area (TPSA) is 103 Å². The van der Waals surface area contributed by atoms with Gasteiger partial charge in [0.05, 0.1) is 0 Å². The number of hydrogen-bond acceptors (Lipinski definition) is 3. The van der Waals surface area contributed by atoms with Gasteiger partial charge in [0.15, 0.2) is 0 Å². The molecule has 0 aliphatic heterocycles. The van der Waals surface area contributed by atoms with Crippen molar-refractivity contribution >= 4 is 34.8 Å². The average molecular weight is 289 g/mol. The second kappa shape index (κ2) is 6.42. The molecule has 0 fully saturated rings. The van der Waals surface area contributed by atoms with E-state index in [1.807, 2.05) is 6.07 Å². The van der Waals surface area contributed by atoms with E-state index >= 15 is 0 Å². The lowest BCUT2D eigenvalue weighted by atomic mass is 10.3. The molecule has 2 N–H and O–H groups in total. The van der Waals surface area contributed by atoms with Crippen LogP contribution < -0.4 is 10.6 Å². The van der Waals surface area contributed by atoms with Crippen molar-refractivity contribution in [1.29, 1.82) is 0 Å². The first-order valence-corrected chi connectivity index (χ1v) is 5.91. The van der Waals surface area contributed by atoms with Crippen LogP contribution in [0.4, 0.5) is 22.0 Å². The maximum Gasteiger partial charge on any atom is 0.323 e. The molecule has 0 aliphatic rings. The van der Waals surface area contributed by atoms with Gasteiger partial charge < -0.3 is 10.6 Å². The number of nitrogens with zero attached hydrogens (tertiary/aromatic N) is 4. The molecule has 1 heterocycles. The Morgan fingerprint density at radius 3 is 2.60 bits per heavy atom. The van der Waals surface area contributed by atoms with Crippen LogP contribution in [0.1, 0.15) is 0 Å². The lowest BCUT2D eigenvalue weighted by molar-refractivity contribution is 0.262. The number of nitrogens with one attached hydrogen (secondary N) is 2. The standard InChI is InChI=1S/C12H9ClN6O/c13-10-6-9(7-11(17-10)18-19-14)16-12(20)15-8-4-2-1-3-5-8/h1-7H,(H2,15,16,17,20). The molecule has 7 nitrogen and oxygen atoms in total. The van der Waals surface area contributed by atoms with Crippen LogP contribution in [0.5, 0.6) is 0 Å². The van der Waals surface area contributed by atoms with Crippen molar-refractivity contribution in [2.24, 2.45) is 5.11 Å². The quantitative estimate of drug-likeness (QED) is 0.380. The van der Waals surface area contributed by atoms with Crippen LogP contribution in [0.25, 0.3) is 10.4 Å². The van der Waals surface area contributed by atoms with Crippen molar-refractivity contribution in [3.63, 3.8) is 0 Å². The van der Waals surface area contributed by atoms with E-state index in [4.69, 9.17) is 17.1 Å². The van der Waals surface area contributed by atoms with Crippen LogP contribution in [-0.4, -0.2) is 11.0 Å². The number of rotatable bonds is 3. The van der Waals surface area contributed by atoms with Crippen LogP contribution in [0.2, 0.25) is 5.15 Å². The van der Waals surface area contributed by atoms with Gasteiger partial charge in [-0.3, -0.25) is 0 Å². The molecular weight excluding hydrogens is 280 g/mol. The summed E-state index contributed by atoms with van der Waals surface area (Å²) in [5.41, 5.74) is 9.38. The first kappa shape index (κ1) is 13.7. The molecule has 0 radical (unpaired) electrons. The Kier molecular flexibility index (Phi) is 4.39. The molecular formula is C12H9ClN6O. The molecule has 2 rings (SSSR count). The molecule has 1 aromatic heterocycles. The highest BCUT2D eigenvalue weighted by molar-refractivity contribution is 6.29. The third-order valence-corrected chi connectivity index (χ3v) is 2.41. The van der Waals surface area contributed by atoms with Crippen LogP contribution in [0, 0.1) is 0 Å². The third-order valence-electron chi connectivity index (χ3n) is 2.22. The summed E-state index contributed by atoms with van der Waals surface area (Å²) in [4.78, 5) is 18.2. The Labute approximate surface area is 119 Å². The van der Waals surface area contributed by atoms with Crippen molar-refractivity contribution in [3.05, 3.63) is 58.1 Å². The monoisotopic (exact) mass is 288 g/mol. The van der Waals surface area contributed by atoms with Crippen molar-refractivity contribution in [2.75, 3.05) is 10.6 Å². The molecule has 0 saturated carbocycles. The number of urea groups is 1. The summed E-state index contributed by atoms with van der Waals surface area (Å²) in [6, 6.07) is 11.4. The molecule has 2 aromatic rings. The molecule has 100 valence electrons. The molecule has 0 atom stereocenters. The highest BCUT2D eigenvalue weighted by Crippen LogP contribution is 2.21. The summed E-state index contributed by atoms with van der Waals surface area (Å²) >= 11 is 5.76. The highest BCUT2D eigenvalue weighted by Gasteiger charge is 2.05. The molecule has 0 unspecified atom stereocenters. The minimum Gasteiger partial charge on any atom is -0.308 e. The molecule has 8 heteroatoms. The van der Waals surface area contributed by atoms with Gasteiger partial charge in [0, 0.05) is 16.3 Å². The van der Waals surface area contributed by atoms with E-state index in [-0.39, 0.29) is 11.0 Å². The van der Waals surface area contributed by atoms with Gasteiger partial charge in [0.1, 0.15) is 11.0 Å². The normalized spacial score (nSPS) is 9.45. The van der Waals surface area contributed by atoms with Crippen molar-refractivity contribution in [2.45, 2.75) is 0 Å². The maximum atomic E-state index is 11.8. The van der Waals surface area contributed by atoms with Gasteiger partial charge in [-0.15, -0.1) is 0 Å². The van der Waals surface area contributed by atoms with Crippen LogP contribution in [-0.2, 0) is 0 Å². The van der Waals surface area contributed by atoms with Gasteiger partial charge in [-0.2, -0.15) is 0 Å². The number of aromatic nitrogens is 1. The van der Waals surface area contributed by atoms with Gasteiger partial charge in [-0.05, 0) is 34.9 Å². The smallest absolute Gasteiger partial charge is 0.308 e. The fourth-order valence-electron chi connectivity index (χ4n) is 1.47. The number of anilines is 2. The Bertz CT molecular complexity index is 669. The predicted octanol–water partition coefficient (Wildman–Crippen LogP) is 4.32. The van der Waals surface area contributed by atoms with Crippen molar-refractivity contribution in [3.8, 4) is 0 Å². The van der Waals surface area contributed by atoms with E-state index in [9.17, 15) is 4.79 Å². The van der Waals surface area contributed by atoms with Crippen molar-refractivity contribution < 1.29 is 4.79 Å². The summed E-state index contributed by atoms with van der Waals surface area (Å²) < 4.78 is 0. The molecule has 0 saturated heterocycles. The number of hydrogen-bond donors (Lipinski definition) is 2. The summed E-state index contributed by atoms with van der Waals surface area (Å²) in [6.45, 7) is 0. The van der Waals surface area contributed by atoms with Crippen LogP contribution in [0.15, 0.2) is 47.6 Å². The van der Waals surface area contributed by atoms with Gasteiger partial charge in [0.2, 0.25) is 0 Å². The largest absolute Gasteiger partial charge is 0.323 e. The minimum absolute atomic E-state index is 0.0787. The number of carbonyl (C=O) groups is 1. The number of para-hydroxylation sites is 1. The third kappa shape index (κ3) is 3.88. The average Bonchev–Trinajstić information content (AvgIpc) is 2.39. The van der Waals surface area contributed by atoms with Gasteiger partial charge in [0.25, 0.3) is 0 Å². The number of benzene rings is 1. The van der Waals surface area contributed by atoms with E-state index < -0.39 is 6.03 Å². The van der Waals surface area contributed by atoms with E-state index in [0.29, 0.717) is 11.4 Å². The molecule has 20 heavy (non-hydrogen) atoms. The molecule has 0 aliphatic carbocycles. The lowest BCUT2D eigenvalue weighted by Crippen LogP contribution is -2.19. The lowest BCUT2D eigenvalue weighted by Gasteiger charge is -2.08. The Balaban J connectivity index is 2.09. The number of pyridine rings is 1. The Morgan fingerprint density at radius 2 is 1.90 bits per heavy atom. The van der Waals surface area contributed by atoms with E-state index in [2.05, 4.69) is 25.6 Å². The number of halogens is 1. The van der Waals surface area contributed by atoms with Crippen LogP contribution >= 0.6 is 11.6 Å². The summed E-state index contributed by atoms with van der Waals surface area (Å²) in [5.74, 6) is 0.0787. The molecule has 0 bridgehead atoms. The molecule has 1 aromatic carbocycles. The zero-order valence-corrected chi connectivity index (χ0v) is 10.9. The predicted molar refractivity (Wildman–Crippen MR) is 77.1 cm³/mol. The summed E-state index contributed by atoms with van der Waals surface area (Å²) in [6.07, 6.45) is 0. The number of azide groups is 1. The zero-order valence-electron chi connectivity index (χ0n) is 10.1. The van der Waals surface area contributed by atoms with E-state index in [1.54, 1.807) is 24.3 Å². The van der Waals surface area contributed by atoms with E-state index in [0.717, 1.165) is 0 Å². The number of carbonyl (C=O) groups excluding carboxylic acids is 1. The second-order valence-corrected chi connectivity index (χ2v) is 4.06. The Morgan fingerprint density at radius 1 is 1.20 bits per heavy atom. The van der Waals surface area contributed by atoms with Gasteiger partial charge >= 0.3 is 6.03 Å². The van der Waals surface area contributed by atoms with Crippen LogP contribution in [0.3, 0.4) is 0 Å². The first-order valence-electron chi connectivity index (χ1n) is 5.53. The highest BCUT2D eigenvalue weighted by atomic mass is 35.5. The van der Waals surface area contributed by atoms with Gasteiger partial charge in [-0.25, -0.2) is 9.78 Å². The second-order valence-electron chi connectivity index (χ2n) is 3.67. The summed E-state index contributed by atoms with van der Waals surface area (Å²) in [7, 11) is 0. The van der Waals surface area contributed by atoms with Crippen molar-refractivity contribution in [1.82, 2.24) is 4.98 Å². The molecule has 2 amide bonds.